The van der Waals surface area contributed by atoms with Crippen LogP contribution in [-0.2, 0) is 0 Å². The van der Waals surface area contributed by atoms with Gasteiger partial charge < -0.3 is 0 Å². The number of rotatable bonds is 5. The highest BCUT2D eigenvalue weighted by Crippen LogP contribution is 2.45. The third-order valence-electron chi connectivity index (χ3n) is 7.33. The molecule has 2 saturated carbocycles. The smallest absolute Gasteiger partial charge is 0.157 e. The fourth-order valence-corrected chi connectivity index (χ4v) is 5.70. The van der Waals surface area contributed by atoms with E-state index in [4.69, 9.17) is 0 Å². The molecule has 0 saturated heterocycles. The molecule has 0 heterocycles. The highest BCUT2D eigenvalue weighted by Gasteiger charge is 2.37. The van der Waals surface area contributed by atoms with Gasteiger partial charge in [-0.25, -0.2) is 8.78 Å². The van der Waals surface area contributed by atoms with Gasteiger partial charge >= 0.3 is 0 Å². The van der Waals surface area contributed by atoms with Gasteiger partial charge in [-0.3, -0.25) is 0 Å². The third kappa shape index (κ3) is 4.37. The van der Waals surface area contributed by atoms with Gasteiger partial charge in [0, 0.05) is 0 Å². The maximum Gasteiger partial charge on any atom is 0.157 e. The predicted octanol–water partition coefficient (Wildman–Crippen LogP) is 7.35. The van der Waals surface area contributed by atoms with Crippen LogP contribution in [-0.4, -0.2) is 12.3 Å². The van der Waals surface area contributed by atoms with Crippen LogP contribution in [0.3, 0.4) is 0 Å². The van der Waals surface area contributed by atoms with Crippen molar-refractivity contribution in [3.05, 3.63) is 23.3 Å². The fraction of sp³-hybridized carbons (Fsp3) is 0.826. The minimum atomic E-state index is -1.41. The lowest BCUT2D eigenvalue weighted by Gasteiger charge is -2.39. The first kappa shape index (κ1) is 19.1. The summed E-state index contributed by atoms with van der Waals surface area (Å²) in [5.74, 6) is 2.98. The number of hydrogen-bond donors (Lipinski definition) is 0. The van der Waals surface area contributed by atoms with Crippen molar-refractivity contribution in [2.75, 3.05) is 0 Å². The van der Waals surface area contributed by atoms with Crippen molar-refractivity contribution in [1.82, 2.24) is 0 Å². The van der Waals surface area contributed by atoms with Gasteiger partial charge in [-0.1, -0.05) is 51.7 Å². The Morgan fingerprint density at radius 1 is 0.800 bits per heavy atom. The summed E-state index contributed by atoms with van der Waals surface area (Å²) in [4.78, 5) is 0. The quantitative estimate of drug-likeness (QED) is 0.486. The molecule has 142 valence electrons. The van der Waals surface area contributed by atoms with Crippen LogP contribution in [0.2, 0.25) is 0 Å². The van der Waals surface area contributed by atoms with Crippen molar-refractivity contribution in [2.45, 2.75) is 96.8 Å². The van der Waals surface area contributed by atoms with Crippen LogP contribution in [0.15, 0.2) is 23.3 Å². The Morgan fingerprint density at radius 2 is 1.40 bits per heavy atom. The zero-order valence-electron chi connectivity index (χ0n) is 16.2. The lowest BCUT2D eigenvalue weighted by atomic mass is 9.67. The van der Waals surface area contributed by atoms with Crippen molar-refractivity contribution < 1.29 is 8.78 Å². The topological polar surface area (TPSA) is 0 Å². The fourth-order valence-electron chi connectivity index (χ4n) is 5.70. The first-order chi connectivity index (χ1) is 12.1. The van der Waals surface area contributed by atoms with Crippen molar-refractivity contribution >= 4 is 0 Å². The molecule has 25 heavy (non-hydrogen) atoms. The normalized spacial score (nSPS) is 39.7. The van der Waals surface area contributed by atoms with Crippen molar-refractivity contribution in [3.63, 3.8) is 0 Å². The monoisotopic (exact) mass is 350 g/mol. The molecule has 3 aliphatic carbocycles. The van der Waals surface area contributed by atoms with E-state index in [9.17, 15) is 8.78 Å². The number of halogens is 2. The Labute approximate surface area is 153 Å². The van der Waals surface area contributed by atoms with Gasteiger partial charge in [0.25, 0.3) is 0 Å². The summed E-state index contributed by atoms with van der Waals surface area (Å²) in [6.45, 7) is 4.20. The second-order valence-electron chi connectivity index (χ2n) is 8.75. The summed E-state index contributed by atoms with van der Waals surface area (Å²) in [7, 11) is 0. The molecule has 2 fully saturated rings. The molecule has 0 aromatic carbocycles. The van der Waals surface area contributed by atoms with E-state index in [1.54, 1.807) is 0 Å². The molecule has 0 spiro atoms. The highest BCUT2D eigenvalue weighted by atomic mass is 19.2. The predicted molar refractivity (Wildman–Crippen MR) is 102 cm³/mol. The molecule has 0 N–H and O–H groups in total. The molecule has 2 unspecified atom stereocenters. The van der Waals surface area contributed by atoms with Gasteiger partial charge in [0.1, 0.15) is 0 Å². The van der Waals surface area contributed by atoms with E-state index in [-0.39, 0.29) is 5.92 Å². The molecule has 3 rings (SSSR count). The molecule has 3 aliphatic rings. The second kappa shape index (κ2) is 8.82. The standard InChI is InChI=1S/C23H36F2/c1-3-5-16-6-8-18(9-7-16)19-10-12-20(13-11-19)21-15-14-17(4-2)22(24)23(21)25/h14-16,18-20,22-23H,3-13H2,1-2H3. The lowest BCUT2D eigenvalue weighted by molar-refractivity contribution is 0.139. The van der Waals surface area contributed by atoms with Crippen LogP contribution >= 0.6 is 0 Å². The van der Waals surface area contributed by atoms with E-state index >= 15 is 0 Å². The molecular formula is C23H36F2. The Hall–Kier alpha value is -0.660. The molecule has 0 radical (unpaired) electrons. The van der Waals surface area contributed by atoms with Crippen LogP contribution in [0, 0.1) is 23.7 Å². The zero-order chi connectivity index (χ0) is 17.8. The summed E-state index contributed by atoms with van der Waals surface area (Å²) in [5, 5.41) is 0. The van der Waals surface area contributed by atoms with E-state index in [0.29, 0.717) is 12.0 Å². The Balaban J connectivity index is 1.51. The van der Waals surface area contributed by atoms with E-state index in [2.05, 4.69) is 6.92 Å². The van der Waals surface area contributed by atoms with E-state index in [0.717, 1.165) is 36.2 Å². The summed E-state index contributed by atoms with van der Waals surface area (Å²) in [6.07, 6.45) is 14.5. The maximum atomic E-state index is 14.5. The average molecular weight is 351 g/mol. The third-order valence-corrected chi connectivity index (χ3v) is 7.33. The first-order valence-corrected chi connectivity index (χ1v) is 10.8. The maximum absolute atomic E-state index is 14.5. The van der Waals surface area contributed by atoms with Gasteiger partial charge in [0.2, 0.25) is 0 Å². The van der Waals surface area contributed by atoms with Crippen LogP contribution in [0.1, 0.15) is 84.5 Å². The molecule has 2 heteroatoms. The molecular weight excluding hydrogens is 314 g/mol. The van der Waals surface area contributed by atoms with E-state index in [1.165, 1.54) is 51.4 Å². The van der Waals surface area contributed by atoms with E-state index < -0.39 is 12.3 Å². The van der Waals surface area contributed by atoms with Gasteiger partial charge in [0.15, 0.2) is 12.3 Å². The average Bonchev–Trinajstić information content (AvgIpc) is 2.65. The van der Waals surface area contributed by atoms with Crippen LogP contribution < -0.4 is 0 Å². The first-order valence-electron chi connectivity index (χ1n) is 10.8. The van der Waals surface area contributed by atoms with Crippen molar-refractivity contribution in [1.29, 1.82) is 0 Å². The highest BCUT2D eigenvalue weighted by molar-refractivity contribution is 5.33. The summed E-state index contributed by atoms with van der Waals surface area (Å²) >= 11 is 0. The Morgan fingerprint density at radius 3 is 1.96 bits per heavy atom. The zero-order valence-corrected chi connectivity index (χ0v) is 16.2. The van der Waals surface area contributed by atoms with Gasteiger partial charge in [-0.05, 0) is 79.8 Å². The van der Waals surface area contributed by atoms with E-state index in [1.807, 2.05) is 19.1 Å². The van der Waals surface area contributed by atoms with Crippen molar-refractivity contribution in [3.8, 4) is 0 Å². The molecule has 0 aliphatic heterocycles. The minimum absolute atomic E-state index is 0.274. The largest absolute Gasteiger partial charge is 0.239 e. The molecule has 0 bridgehead atoms. The Bertz CT molecular complexity index is 476. The summed E-state index contributed by atoms with van der Waals surface area (Å²) in [5.41, 5.74) is 1.36. The summed E-state index contributed by atoms with van der Waals surface area (Å²) in [6, 6.07) is 0. The van der Waals surface area contributed by atoms with Gasteiger partial charge in [-0.15, -0.1) is 0 Å². The SMILES string of the molecule is CCCC1CCC(C2CCC(C3=CC=C(CC)C(F)C3F)CC2)CC1. The lowest BCUT2D eigenvalue weighted by Crippen LogP contribution is -2.31. The molecule has 0 amide bonds. The van der Waals surface area contributed by atoms with Crippen LogP contribution in [0.25, 0.3) is 0 Å². The number of allylic oxidation sites excluding steroid dienone is 4. The number of hydrogen-bond acceptors (Lipinski definition) is 0. The van der Waals surface area contributed by atoms with Crippen LogP contribution in [0.4, 0.5) is 8.78 Å². The minimum Gasteiger partial charge on any atom is -0.239 e. The summed E-state index contributed by atoms with van der Waals surface area (Å²) < 4.78 is 28.8. The molecule has 0 aromatic rings. The molecule has 0 aromatic heterocycles. The van der Waals surface area contributed by atoms with Gasteiger partial charge in [0.05, 0.1) is 0 Å². The van der Waals surface area contributed by atoms with Gasteiger partial charge in [-0.2, -0.15) is 0 Å². The second-order valence-corrected chi connectivity index (χ2v) is 8.75. The van der Waals surface area contributed by atoms with Crippen LogP contribution in [0.5, 0.6) is 0 Å². The van der Waals surface area contributed by atoms with Crippen molar-refractivity contribution in [2.24, 2.45) is 23.7 Å². The molecule has 0 nitrogen and oxygen atoms in total. The Kier molecular flexibility index (Phi) is 6.74. The molecule has 2 atom stereocenters. The number of alkyl halides is 2.